The number of furan rings is 1. The molecule has 4 aromatic rings. The number of thioether (sulfide) groups is 1. The fourth-order valence-corrected chi connectivity index (χ4v) is 3.70. The standard InChI is InChI=1S/C22H21N3O3S/c1-16-20(12-13-27-16)21-23-24-22(25(21)17-6-4-3-5-7-17)29-15-14-28-19-10-8-18(26-2)9-11-19/h3-13H,14-15H2,1-2H3. The highest BCUT2D eigenvalue weighted by atomic mass is 32.2. The van der Waals surface area contributed by atoms with E-state index >= 15 is 0 Å². The lowest BCUT2D eigenvalue weighted by Gasteiger charge is -2.10. The quantitative estimate of drug-likeness (QED) is 0.302. The second-order valence-electron chi connectivity index (χ2n) is 6.24. The maximum Gasteiger partial charge on any atom is 0.196 e. The van der Waals surface area contributed by atoms with Gasteiger partial charge in [-0.15, -0.1) is 10.2 Å². The van der Waals surface area contributed by atoms with E-state index in [9.17, 15) is 0 Å². The SMILES string of the molecule is COc1ccc(OCCSc2nnc(-c3ccoc3C)n2-c2ccccc2)cc1. The molecule has 0 fully saturated rings. The van der Waals surface area contributed by atoms with Gasteiger partial charge in [-0.25, -0.2) is 0 Å². The Morgan fingerprint density at radius 2 is 1.72 bits per heavy atom. The lowest BCUT2D eigenvalue weighted by molar-refractivity contribution is 0.342. The minimum absolute atomic E-state index is 0.554. The molecule has 6 nitrogen and oxygen atoms in total. The average Bonchev–Trinajstić information content (AvgIpc) is 3.38. The van der Waals surface area contributed by atoms with Crippen molar-refractivity contribution in [1.29, 1.82) is 0 Å². The number of hydrogen-bond acceptors (Lipinski definition) is 6. The third-order valence-electron chi connectivity index (χ3n) is 4.39. The van der Waals surface area contributed by atoms with Crippen molar-refractivity contribution in [3.05, 3.63) is 72.7 Å². The van der Waals surface area contributed by atoms with Crippen molar-refractivity contribution in [1.82, 2.24) is 14.8 Å². The number of aryl methyl sites for hydroxylation is 1. The molecule has 2 aromatic carbocycles. The van der Waals surface area contributed by atoms with Gasteiger partial charge in [-0.05, 0) is 49.4 Å². The molecule has 2 heterocycles. The summed E-state index contributed by atoms with van der Waals surface area (Å²) in [7, 11) is 1.65. The molecule has 0 atom stereocenters. The predicted molar refractivity (Wildman–Crippen MR) is 113 cm³/mol. The molecule has 0 aliphatic carbocycles. The summed E-state index contributed by atoms with van der Waals surface area (Å²) in [4.78, 5) is 0. The van der Waals surface area contributed by atoms with E-state index in [4.69, 9.17) is 13.9 Å². The van der Waals surface area contributed by atoms with Gasteiger partial charge in [-0.3, -0.25) is 4.57 Å². The summed E-state index contributed by atoms with van der Waals surface area (Å²) in [6.45, 7) is 2.48. The molecule has 4 rings (SSSR count). The molecule has 7 heteroatoms. The van der Waals surface area contributed by atoms with Crippen LogP contribution in [0, 0.1) is 6.92 Å². The van der Waals surface area contributed by atoms with Gasteiger partial charge in [0.2, 0.25) is 0 Å². The monoisotopic (exact) mass is 407 g/mol. The Morgan fingerprint density at radius 3 is 2.41 bits per heavy atom. The van der Waals surface area contributed by atoms with Gasteiger partial charge in [0.1, 0.15) is 17.3 Å². The minimum Gasteiger partial charge on any atom is -0.497 e. The maximum absolute atomic E-state index is 5.82. The van der Waals surface area contributed by atoms with Gasteiger partial charge < -0.3 is 13.9 Å². The fourth-order valence-electron chi connectivity index (χ4n) is 2.93. The highest BCUT2D eigenvalue weighted by Gasteiger charge is 2.18. The third kappa shape index (κ3) is 4.30. The van der Waals surface area contributed by atoms with E-state index in [-0.39, 0.29) is 0 Å². The van der Waals surface area contributed by atoms with Crippen molar-refractivity contribution in [2.45, 2.75) is 12.1 Å². The van der Waals surface area contributed by atoms with E-state index in [2.05, 4.69) is 14.8 Å². The summed E-state index contributed by atoms with van der Waals surface area (Å²) in [6.07, 6.45) is 1.67. The van der Waals surface area contributed by atoms with E-state index in [0.29, 0.717) is 6.61 Å². The summed E-state index contributed by atoms with van der Waals surface area (Å²) < 4.78 is 18.5. The van der Waals surface area contributed by atoms with Crippen LogP contribution in [-0.2, 0) is 0 Å². The highest BCUT2D eigenvalue weighted by molar-refractivity contribution is 7.99. The van der Waals surface area contributed by atoms with Crippen LogP contribution in [0.3, 0.4) is 0 Å². The van der Waals surface area contributed by atoms with Gasteiger partial charge in [-0.2, -0.15) is 0 Å². The number of hydrogen-bond donors (Lipinski definition) is 0. The smallest absolute Gasteiger partial charge is 0.196 e. The Balaban J connectivity index is 1.50. The van der Waals surface area contributed by atoms with E-state index in [0.717, 1.165) is 45.2 Å². The summed E-state index contributed by atoms with van der Waals surface area (Å²) in [5, 5.41) is 9.66. The van der Waals surface area contributed by atoms with E-state index in [1.54, 1.807) is 25.1 Å². The molecule has 29 heavy (non-hydrogen) atoms. The zero-order chi connectivity index (χ0) is 20.1. The van der Waals surface area contributed by atoms with Crippen LogP contribution in [0.1, 0.15) is 5.76 Å². The van der Waals surface area contributed by atoms with Crippen molar-refractivity contribution in [2.24, 2.45) is 0 Å². The van der Waals surface area contributed by atoms with E-state index < -0.39 is 0 Å². The van der Waals surface area contributed by atoms with Gasteiger partial charge in [0.05, 0.1) is 25.5 Å². The topological polar surface area (TPSA) is 62.3 Å². The summed E-state index contributed by atoms with van der Waals surface area (Å²) in [6, 6.07) is 19.6. The Bertz CT molecular complexity index is 1060. The molecule has 0 amide bonds. The molecule has 0 bridgehead atoms. The third-order valence-corrected chi connectivity index (χ3v) is 5.28. The maximum atomic E-state index is 5.82. The van der Waals surface area contributed by atoms with Crippen LogP contribution >= 0.6 is 11.8 Å². The molecule has 0 N–H and O–H groups in total. The van der Waals surface area contributed by atoms with Crippen molar-refractivity contribution < 1.29 is 13.9 Å². The Kier molecular flexibility index (Phi) is 5.86. The highest BCUT2D eigenvalue weighted by Crippen LogP contribution is 2.30. The molecule has 0 radical (unpaired) electrons. The lowest BCUT2D eigenvalue weighted by atomic mass is 10.2. The zero-order valence-electron chi connectivity index (χ0n) is 16.2. The van der Waals surface area contributed by atoms with Gasteiger partial charge >= 0.3 is 0 Å². The van der Waals surface area contributed by atoms with Crippen molar-refractivity contribution in [3.8, 4) is 28.6 Å². The second kappa shape index (κ2) is 8.87. The largest absolute Gasteiger partial charge is 0.497 e. The number of ether oxygens (including phenoxy) is 2. The van der Waals surface area contributed by atoms with Crippen LogP contribution in [0.25, 0.3) is 17.1 Å². The van der Waals surface area contributed by atoms with Crippen molar-refractivity contribution in [2.75, 3.05) is 19.5 Å². The van der Waals surface area contributed by atoms with Crippen LogP contribution in [0.5, 0.6) is 11.5 Å². The first-order chi connectivity index (χ1) is 14.3. The van der Waals surface area contributed by atoms with Gasteiger partial charge in [0, 0.05) is 11.4 Å². The normalized spacial score (nSPS) is 10.8. The summed E-state index contributed by atoms with van der Waals surface area (Å²) >= 11 is 1.60. The molecule has 0 spiro atoms. The molecular weight excluding hydrogens is 386 g/mol. The number of nitrogens with zero attached hydrogens (tertiary/aromatic N) is 3. The molecule has 0 aliphatic rings. The molecule has 0 aliphatic heterocycles. The molecule has 0 saturated carbocycles. The Morgan fingerprint density at radius 1 is 0.966 bits per heavy atom. The second-order valence-corrected chi connectivity index (χ2v) is 7.30. The molecule has 0 saturated heterocycles. The minimum atomic E-state index is 0.554. The first kappa shape index (κ1) is 19.1. The van der Waals surface area contributed by atoms with Crippen LogP contribution in [0.15, 0.2) is 76.5 Å². The fraction of sp³-hybridized carbons (Fsp3) is 0.182. The van der Waals surface area contributed by atoms with Gasteiger partial charge in [-0.1, -0.05) is 30.0 Å². The van der Waals surface area contributed by atoms with Crippen LogP contribution in [0.2, 0.25) is 0 Å². The average molecular weight is 407 g/mol. The Labute approximate surface area is 173 Å². The van der Waals surface area contributed by atoms with Gasteiger partial charge in [0.25, 0.3) is 0 Å². The Hall–Kier alpha value is -3.19. The van der Waals surface area contributed by atoms with Crippen LogP contribution in [-0.4, -0.2) is 34.2 Å². The summed E-state index contributed by atoms with van der Waals surface area (Å²) in [5.41, 5.74) is 1.94. The number of aromatic nitrogens is 3. The van der Waals surface area contributed by atoms with Crippen LogP contribution < -0.4 is 9.47 Å². The number of methoxy groups -OCH3 is 1. The van der Waals surface area contributed by atoms with Gasteiger partial charge in [0.15, 0.2) is 11.0 Å². The van der Waals surface area contributed by atoms with E-state index in [1.165, 1.54) is 0 Å². The van der Waals surface area contributed by atoms with E-state index in [1.807, 2.05) is 67.6 Å². The first-order valence-corrected chi connectivity index (χ1v) is 10.2. The number of benzene rings is 2. The summed E-state index contributed by atoms with van der Waals surface area (Å²) in [5.74, 6) is 3.94. The molecule has 148 valence electrons. The molecular formula is C22H21N3O3S. The van der Waals surface area contributed by atoms with Crippen molar-refractivity contribution in [3.63, 3.8) is 0 Å². The predicted octanol–water partition coefficient (Wildman–Crippen LogP) is 5.02. The molecule has 0 unspecified atom stereocenters. The van der Waals surface area contributed by atoms with Crippen LogP contribution in [0.4, 0.5) is 0 Å². The van der Waals surface area contributed by atoms with Crippen molar-refractivity contribution >= 4 is 11.8 Å². The molecule has 2 aromatic heterocycles. The first-order valence-electron chi connectivity index (χ1n) is 9.21. The number of rotatable bonds is 8. The number of para-hydroxylation sites is 1. The zero-order valence-corrected chi connectivity index (χ0v) is 17.1. The lowest BCUT2D eigenvalue weighted by Crippen LogP contribution is -2.03.